The lowest BCUT2D eigenvalue weighted by atomic mass is 10.2. The normalized spacial score (nSPS) is 18.0. The average Bonchev–Trinajstić information content (AvgIpc) is 2.85. The van der Waals surface area contributed by atoms with Crippen LogP contribution in [0, 0.1) is 0 Å². The first kappa shape index (κ1) is 20.4. The van der Waals surface area contributed by atoms with Gasteiger partial charge in [0.2, 0.25) is 0 Å². The first-order valence-electron chi connectivity index (χ1n) is 8.15. The van der Waals surface area contributed by atoms with Crippen LogP contribution >= 0.6 is 0 Å². The van der Waals surface area contributed by atoms with Crippen molar-refractivity contribution in [3.63, 3.8) is 0 Å². The van der Waals surface area contributed by atoms with Gasteiger partial charge in [0.15, 0.2) is 6.10 Å². The number of ether oxygens (including phenoxy) is 1. The summed E-state index contributed by atoms with van der Waals surface area (Å²) in [5, 5.41) is 4.40. The number of amides is 3. The van der Waals surface area contributed by atoms with Crippen LogP contribution in [0.1, 0.15) is 26.3 Å². The molecule has 0 fully saturated rings. The first-order valence-corrected chi connectivity index (χ1v) is 9.63. The van der Waals surface area contributed by atoms with E-state index in [0.29, 0.717) is 12.1 Å². The smallest absolute Gasteiger partial charge is 0.331 e. The Kier molecular flexibility index (Phi) is 6.16. The molecule has 11 heteroatoms. The van der Waals surface area contributed by atoms with Crippen molar-refractivity contribution in [2.45, 2.75) is 37.8 Å². The van der Waals surface area contributed by atoms with Crippen molar-refractivity contribution >= 4 is 33.8 Å². The minimum atomic E-state index is -3.72. The zero-order chi connectivity index (χ0) is 20.2. The fraction of sp³-hybridized carbons (Fsp3) is 0.375. The second-order valence-corrected chi connectivity index (χ2v) is 7.33. The number of fused-ring (bicyclic) bond motifs is 1. The number of sulfonamides is 1. The van der Waals surface area contributed by atoms with Crippen LogP contribution in [0.25, 0.3) is 0 Å². The molecule has 1 aliphatic rings. The van der Waals surface area contributed by atoms with E-state index in [9.17, 15) is 22.8 Å². The van der Waals surface area contributed by atoms with E-state index in [1.54, 1.807) is 25.1 Å². The van der Waals surface area contributed by atoms with Gasteiger partial charge in [-0.3, -0.25) is 19.8 Å². The number of hydrogen-bond acceptors (Lipinski definition) is 7. The van der Waals surface area contributed by atoms with Gasteiger partial charge >= 0.3 is 12.0 Å². The van der Waals surface area contributed by atoms with E-state index in [1.807, 2.05) is 5.32 Å². The lowest BCUT2D eigenvalue weighted by Crippen LogP contribution is -2.45. The summed E-state index contributed by atoms with van der Waals surface area (Å²) >= 11 is 0. The number of aliphatic imine (C=N–C) groups is 1. The fourth-order valence-corrected chi connectivity index (χ4v) is 3.46. The Morgan fingerprint density at radius 3 is 2.56 bits per heavy atom. The van der Waals surface area contributed by atoms with Crippen LogP contribution in [-0.2, 0) is 24.3 Å². The maximum absolute atomic E-state index is 12.1. The van der Waals surface area contributed by atoms with Crippen molar-refractivity contribution in [3.05, 3.63) is 29.8 Å². The molecular formula is C16H20N4O6S. The number of carbonyl (C=O) groups is 3. The molecule has 146 valence electrons. The summed E-state index contributed by atoms with van der Waals surface area (Å²) in [6.07, 6.45) is -1.23. The number of nitrogens with one attached hydrogen (secondary N) is 3. The highest BCUT2D eigenvalue weighted by Gasteiger charge is 2.31. The minimum Gasteiger partial charge on any atom is -0.451 e. The van der Waals surface area contributed by atoms with Crippen LogP contribution < -0.4 is 15.4 Å². The maximum Gasteiger partial charge on any atom is 0.331 e. The summed E-state index contributed by atoms with van der Waals surface area (Å²) in [6.45, 7) is 4.72. The van der Waals surface area contributed by atoms with E-state index in [0.717, 1.165) is 0 Å². The van der Waals surface area contributed by atoms with E-state index in [-0.39, 0.29) is 10.7 Å². The zero-order valence-electron chi connectivity index (χ0n) is 15.0. The van der Waals surface area contributed by atoms with Crippen molar-refractivity contribution in [2.24, 2.45) is 4.99 Å². The summed E-state index contributed by atoms with van der Waals surface area (Å²) < 4.78 is 31.3. The SMILES string of the molecule is CCNC(=O)NC(=O)[C@H](C)OC(=O)[C@@H](C)N=C1NS(=O)(=O)c2ccccc21. The summed E-state index contributed by atoms with van der Waals surface area (Å²) in [6, 6.07) is 4.44. The van der Waals surface area contributed by atoms with Crippen molar-refractivity contribution < 1.29 is 27.5 Å². The molecule has 0 aromatic heterocycles. The molecule has 0 unspecified atom stereocenters. The fourth-order valence-electron chi connectivity index (χ4n) is 2.22. The highest BCUT2D eigenvalue weighted by Crippen LogP contribution is 2.22. The number of amidine groups is 1. The predicted octanol–water partition coefficient (Wildman–Crippen LogP) is -0.109. The van der Waals surface area contributed by atoms with Gasteiger partial charge in [-0.1, -0.05) is 12.1 Å². The second kappa shape index (κ2) is 8.16. The molecule has 2 rings (SSSR count). The highest BCUT2D eigenvalue weighted by atomic mass is 32.2. The number of rotatable bonds is 5. The van der Waals surface area contributed by atoms with Crippen molar-refractivity contribution in [2.75, 3.05) is 6.54 Å². The van der Waals surface area contributed by atoms with E-state index < -0.39 is 40.1 Å². The van der Waals surface area contributed by atoms with Gasteiger partial charge in [0.1, 0.15) is 11.9 Å². The molecule has 2 atom stereocenters. The van der Waals surface area contributed by atoms with Crippen LogP contribution in [0.5, 0.6) is 0 Å². The van der Waals surface area contributed by atoms with Gasteiger partial charge in [0.25, 0.3) is 15.9 Å². The first-order chi connectivity index (χ1) is 12.7. The summed E-state index contributed by atoms with van der Waals surface area (Å²) in [7, 11) is -3.72. The Morgan fingerprint density at radius 2 is 1.89 bits per heavy atom. The molecule has 0 radical (unpaired) electrons. The largest absolute Gasteiger partial charge is 0.451 e. The van der Waals surface area contributed by atoms with Crippen LogP contribution in [0.4, 0.5) is 4.79 Å². The number of urea groups is 1. The molecule has 0 saturated heterocycles. The van der Waals surface area contributed by atoms with Crippen LogP contribution in [0.15, 0.2) is 34.2 Å². The van der Waals surface area contributed by atoms with Gasteiger partial charge in [-0.05, 0) is 32.9 Å². The zero-order valence-corrected chi connectivity index (χ0v) is 15.8. The van der Waals surface area contributed by atoms with Crippen LogP contribution in [0.3, 0.4) is 0 Å². The molecule has 0 aliphatic carbocycles. The van der Waals surface area contributed by atoms with Gasteiger partial charge in [0.05, 0.1) is 4.90 Å². The molecular weight excluding hydrogens is 376 g/mol. The molecule has 0 saturated carbocycles. The summed E-state index contributed by atoms with van der Waals surface area (Å²) in [5.74, 6) is -1.61. The molecule has 1 aromatic rings. The lowest BCUT2D eigenvalue weighted by Gasteiger charge is -2.15. The summed E-state index contributed by atoms with van der Waals surface area (Å²) in [5.41, 5.74) is 0.346. The Balaban J connectivity index is 2.05. The van der Waals surface area contributed by atoms with Crippen LogP contribution in [0.2, 0.25) is 0 Å². The van der Waals surface area contributed by atoms with E-state index in [2.05, 4.69) is 15.0 Å². The van der Waals surface area contributed by atoms with Gasteiger partial charge in [-0.2, -0.15) is 0 Å². The number of carbonyl (C=O) groups excluding carboxylic acids is 3. The monoisotopic (exact) mass is 396 g/mol. The molecule has 3 N–H and O–H groups in total. The predicted molar refractivity (Wildman–Crippen MR) is 95.5 cm³/mol. The van der Waals surface area contributed by atoms with Crippen molar-refractivity contribution in [1.29, 1.82) is 0 Å². The Labute approximate surface area is 156 Å². The van der Waals surface area contributed by atoms with Crippen molar-refractivity contribution in [3.8, 4) is 0 Å². The summed E-state index contributed by atoms with van der Waals surface area (Å²) in [4.78, 5) is 39.4. The third kappa shape index (κ3) is 4.82. The van der Waals surface area contributed by atoms with Gasteiger partial charge in [-0.15, -0.1) is 0 Å². The number of nitrogens with zero attached hydrogens (tertiary/aromatic N) is 1. The van der Waals surface area contributed by atoms with Crippen molar-refractivity contribution in [1.82, 2.24) is 15.4 Å². The van der Waals surface area contributed by atoms with Gasteiger partial charge < -0.3 is 10.1 Å². The molecule has 0 spiro atoms. The third-order valence-corrected chi connectivity index (χ3v) is 4.96. The molecule has 0 bridgehead atoms. The Bertz CT molecular complexity index is 896. The average molecular weight is 396 g/mol. The number of hydrogen-bond donors (Lipinski definition) is 3. The Morgan fingerprint density at radius 1 is 1.22 bits per heavy atom. The molecule has 1 aliphatic heterocycles. The van der Waals surface area contributed by atoms with E-state index >= 15 is 0 Å². The Hall–Kier alpha value is -2.95. The quantitative estimate of drug-likeness (QED) is 0.593. The number of esters is 1. The molecule has 27 heavy (non-hydrogen) atoms. The molecule has 3 amide bonds. The molecule has 1 aromatic carbocycles. The number of benzene rings is 1. The second-order valence-electron chi connectivity index (χ2n) is 5.68. The van der Waals surface area contributed by atoms with E-state index in [1.165, 1.54) is 19.9 Å². The standard InChI is InChI=1S/C16H20N4O6S/c1-4-17-16(23)19-14(21)10(3)26-15(22)9(2)18-13-11-7-5-6-8-12(11)27(24,25)20-13/h5-10H,4H2,1-3H3,(H,18,20)(H2,17,19,21,23)/t9-,10+/m1/s1. The lowest BCUT2D eigenvalue weighted by molar-refractivity contribution is -0.155. The third-order valence-electron chi connectivity index (χ3n) is 3.56. The maximum atomic E-state index is 12.1. The van der Waals surface area contributed by atoms with E-state index in [4.69, 9.17) is 4.74 Å². The van der Waals surface area contributed by atoms with Gasteiger partial charge in [-0.25, -0.2) is 18.0 Å². The molecule has 1 heterocycles. The van der Waals surface area contributed by atoms with Crippen LogP contribution in [-0.4, -0.2) is 50.9 Å². The topological polar surface area (TPSA) is 143 Å². The molecule has 10 nitrogen and oxygen atoms in total. The highest BCUT2D eigenvalue weighted by molar-refractivity contribution is 7.90. The minimum absolute atomic E-state index is 0.0227. The number of imide groups is 1. The van der Waals surface area contributed by atoms with Gasteiger partial charge in [0, 0.05) is 12.1 Å².